The van der Waals surface area contributed by atoms with Crippen molar-refractivity contribution in [2.24, 2.45) is 0 Å². The predicted octanol–water partition coefficient (Wildman–Crippen LogP) is 6.00. The SMILES string of the molecule is Cc1ccccc1-c1ccc(-c2csc3[nH]c(=O)c(-c4cccnc4)c(O)c23)cc1. The average molecular weight is 410 g/mol. The number of pyridine rings is 2. The van der Waals surface area contributed by atoms with Gasteiger partial charge < -0.3 is 10.1 Å². The van der Waals surface area contributed by atoms with Gasteiger partial charge in [0, 0.05) is 28.9 Å². The quantitative estimate of drug-likeness (QED) is 0.383. The van der Waals surface area contributed by atoms with Crippen LogP contribution in [0.15, 0.2) is 83.2 Å². The lowest BCUT2D eigenvalue weighted by atomic mass is 9.97. The third-order valence-corrected chi connectivity index (χ3v) is 6.22. The van der Waals surface area contributed by atoms with E-state index in [1.165, 1.54) is 22.5 Å². The number of benzene rings is 2. The summed E-state index contributed by atoms with van der Waals surface area (Å²) in [5.74, 6) is -0.0130. The monoisotopic (exact) mass is 410 g/mol. The molecule has 0 saturated carbocycles. The summed E-state index contributed by atoms with van der Waals surface area (Å²) < 4.78 is 0. The molecule has 0 spiro atoms. The van der Waals surface area contributed by atoms with E-state index in [2.05, 4.69) is 53.3 Å². The number of aryl methyl sites for hydroxylation is 1. The lowest BCUT2D eigenvalue weighted by Crippen LogP contribution is -2.08. The van der Waals surface area contributed by atoms with Gasteiger partial charge in [-0.05, 0) is 35.2 Å². The standard InChI is InChI=1S/C25H18N2O2S/c1-15-5-2-3-7-19(15)16-8-10-17(11-9-16)20-14-30-25-22(20)23(28)21(24(29)27-25)18-6-4-12-26-13-18/h2-14H,1H3,(H2,27,28,29). The normalized spacial score (nSPS) is 11.1. The van der Waals surface area contributed by atoms with Crippen molar-refractivity contribution in [1.29, 1.82) is 0 Å². The van der Waals surface area contributed by atoms with Crippen molar-refractivity contribution >= 4 is 21.6 Å². The van der Waals surface area contributed by atoms with Crippen molar-refractivity contribution < 1.29 is 5.11 Å². The van der Waals surface area contributed by atoms with Gasteiger partial charge >= 0.3 is 0 Å². The lowest BCUT2D eigenvalue weighted by molar-refractivity contribution is 0.483. The second kappa shape index (κ2) is 7.28. The number of hydrogen-bond acceptors (Lipinski definition) is 4. The highest BCUT2D eigenvalue weighted by Crippen LogP contribution is 2.41. The Bertz CT molecular complexity index is 1420. The Hall–Kier alpha value is -3.70. The van der Waals surface area contributed by atoms with Gasteiger partial charge in [-0.3, -0.25) is 9.78 Å². The van der Waals surface area contributed by atoms with E-state index >= 15 is 0 Å². The first-order chi connectivity index (χ1) is 14.6. The topological polar surface area (TPSA) is 66.0 Å². The zero-order chi connectivity index (χ0) is 20.7. The van der Waals surface area contributed by atoms with Crippen molar-refractivity contribution in [2.45, 2.75) is 6.92 Å². The highest BCUT2D eigenvalue weighted by Gasteiger charge is 2.19. The van der Waals surface area contributed by atoms with E-state index in [1.54, 1.807) is 24.5 Å². The van der Waals surface area contributed by atoms with Crippen LogP contribution in [0.4, 0.5) is 0 Å². The Morgan fingerprint density at radius 1 is 0.900 bits per heavy atom. The van der Waals surface area contributed by atoms with E-state index in [4.69, 9.17) is 0 Å². The minimum atomic E-state index is -0.323. The number of aromatic nitrogens is 2. The Morgan fingerprint density at radius 2 is 1.63 bits per heavy atom. The number of rotatable bonds is 3. The fourth-order valence-electron chi connectivity index (χ4n) is 3.80. The maximum atomic E-state index is 12.6. The third-order valence-electron chi connectivity index (χ3n) is 5.32. The molecule has 0 radical (unpaired) electrons. The van der Waals surface area contributed by atoms with Crippen molar-refractivity contribution in [3.05, 3.63) is 94.4 Å². The van der Waals surface area contributed by atoms with Gasteiger partial charge in [-0.25, -0.2) is 0 Å². The van der Waals surface area contributed by atoms with Crippen molar-refractivity contribution in [3.63, 3.8) is 0 Å². The Kier molecular flexibility index (Phi) is 4.45. The molecular weight excluding hydrogens is 392 g/mol. The van der Waals surface area contributed by atoms with Gasteiger partial charge in [-0.15, -0.1) is 11.3 Å². The molecule has 0 aliphatic rings. The van der Waals surface area contributed by atoms with Crippen molar-refractivity contribution in [3.8, 4) is 39.1 Å². The van der Waals surface area contributed by atoms with Gasteiger partial charge in [0.05, 0.1) is 10.9 Å². The smallest absolute Gasteiger partial charge is 0.260 e. The fraction of sp³-hybridized carbons (Fsp3) is 0.0400. The van der Waals surface area contributed by atoms with Crippen LogP contribution in [0.5, 0.6) is 5.75 Å². The van der Waals surface area contributed by atoms with Gasteiger partial charge in [0.25, 0.3) is 5.56 Å². The number of nitrogens with zero attached hydrogens (tertiary/aromatic N) is 1. The molecule has 5 rings (SSSR count). The molecule has 5 heteroatoms. The summed E-state index contributed by atoms with van der Waals surface area (Å²) in [6.07, 6.45) is 3.22. The summed E-state index contributed by atoms with van der Waals surface area (Å²) >= 11 is 1.41. The number of aromatic amines is 1. The molecule has 3 heterocycles. The maximum absolute atomic E-state index is 12.6. The summed E-state index contributed by atoms with van der Waals surface area (Å²) in [5.41, 5.74) is 5.95. The molecule has 0 saturated heterocycles. The molecule has 0 bridgehead atoms. The van der Waals surface area contributed by atoms with Crippen molar-refractivity contribution in [1.82, 2.24) is 9.97 Å². The van der Waals surface area contributed by atoms with Crippen LogP contribution in [0.3, 0.4) is 0 Å². The van der Waals surface area contributed by atoms with Gasteiger partial charge in [-0.2, -0.15) is 0 Å². The summed E-state index contributed by atoms with van der Waals surface area (Å²) in [5, 5.41) is 13.7. The van der Waals surface area contributed by atoms with Gasteiger partial charge in [0.2, 0.25) is 0 Å². The van der Waals surface area contributed by atoms with Gasteiger partial charge in [-0.1, -0.05) is 54.6 Å². The zero-order valence-corrected chi connectivity index (χ0v) is 17.0. The molecule has 0 fully saturated rings. The highest BCUT2D eigenvalue weighted by atomic mass is 32.1. The molecule has 0 unspecified atom stereocenters. The van der Waals surface area contributed by atoms with E-state index in [0.717, 1.165) is 16.7 Å². The number of hydrogen-bond donors (Lipinski definition) is 2. The molecule has 2 N–H and O–H groups in total. The molecule has 30 heavy (non-hydrogen) atoms. The second-order valence-corrected chi connectivity index (χ2v) is 8.04. The van der Waals surface area contributed by atoms with Gasteiger partial charge in [0.15, 0.2) is 0 Å². The summed E-state index contributed by atoms with van der Waals surface area (Å²) in [6, 6.07) is 20.1. The van der Waals surface area contributed by atoms with Crippen LogP contribution in [-0.2, 0) is 0 Å². The molecule has 146 valence electrons. The zero-order valence-electron chi connectivity index (χ0n) is 16.2. The first-order valence-corrected chi connectivity index (χ1v) is 10.4. The van der Waals surface area contributed by atoms with Crippen LogP contribution in [0.25, 0.3) is 43.6 Å². The highest BCUT2D eigenvalue weighted by molar-refractivity contribution is 7.17. The molecule has 0 atom stereocenters. The molecule has 3 aromatic heterocycles. The number of thiophene rings is 1. The number of aromatic hydroxyl groups is 1. The van der Waals surface area contributed by atoms with E-state index in [9.17, 15) is 9.90 Å². The van der Waals surface area contributed by atoms with E-state index in [1.807, 2.05) is 17.5 Å². The van der Waals surface area contributed by atoms with E-state index in [-0.39, 0.29) is 16.9 Å². The minimum Gasteiger partial charge on any atom is -0.506 e. The first kappa shape index (κ1) is 18.3. The van der Waals surface area contributed by atoms with Crippen LogP contribution in [0.1, 0.15) is 5.56 Å². The molecule has 2 aromatic carbocycles. The van der Waals surface area contributed by atoms with Crippen LogP contribution in [0.2, 0.25) is 0 Å². The Labute approximate surface area is 177 Å². The molecule has 0 aliphatic carbocycles. The van der Waals surface area contributed by atoms with Crippen LogP contribution in [-0.4, -0.2) is 15.1 Å². The number of H-pyrrole nitrogens is 1. The molecule has 0 amide bonds. The fourth-order valence-corrected chi connectivity index (χ4v) is 4.77. The first-order valence-electron chi connectivity index (χ1n) is 9.57. The Morgan fingerprint density at radius 3 is 2.33 bits per heavy atom. The molecule has 5 aromatic rings. The maximum Gasteiger partial charge on any atom is 0.260 e. The largest absolute Gasteiger partial charge is 0.506 e. The second-order valence-electron chi connectivity index (χ2n) is 7.17. The van der Waals surface area contributed by atoms with Crippen molar-refractivity contribution in [2.75, 3.05) is 0 Å². The summed E-state index contributed by atoms with van der Waals surface area (Å²) in [4.78, 5) is 20.2. The average Bonchev–Trinajstić information content (AvgIpc) is 3.19. The lowest BCUT2D eigenvalue weighted by Gasteiger charge is -2.09. The number of nitrogens with one attached hydrogen (secondary N) is 1. The van der Waals surface area contributed by atoms with Gasteiger partial charge in [0.1, 0.15) is 10.6 Å². The molecular formula is C25H18N2O2S. The summed E-state index contributed by atoms with van der Waals surface area (Å²) in [6.45, 7) is 2.10. The predicted molar refractivity (Wildman–Crippen MR) is 123 cm³/mol. The summed E-state index contributed by atoms with van der Waals surface area (Å²) in [7, 11) is 0. The molecule has 0 aliphatic heterocycles. The van der Waals surface area contributed by atoms with E-state index < -0.39 is 0 Å². The third kappa shape index (κ3) is 3.00. The Balaban J connectivity index is 1.65. The van der Waals surface area contributed by atoms with Crippen LogP contribution < -0.4 is 5.56 Å². The minimum absolute atomic E-state index is 0.0130. The molecule has 4 nitrogen and oxygen atoms in total. The van der Waals surface area contributed by atoms with Crippen LogP contribution in [0, 0.1) is 6.92 Å². The number of fused-ring (bicyclic) bond motifs is 1. The van der Waals surface area contributed by atoms with Crippen LogP contribution >= 0.6 is 11.3 Å². The van der Waals surface area contributed by atoms with E-state index in [0.29, 0.717) is 15.8 Å².